The number of ether oxygens (including phenoxy) is 2. The third kappa shape index (κ3) is 2.40. The smallest absolute Gasteiger partial charge is 0.166 e. The Morgan fingerprint density at radius 3 is 2.72 bits per heavy atom. The minimum absolute atomic E-state index is 0.0386. The van der Waals surface area contributed by atoms with Gasteiger partial charge in [-0.25, -0.2) is 0 Å². The van der Waals surface area contributed by atoms with Crippen LogP contribution < -0.4 is 14.8 Å². The predicted molar refractivity (Wildman–Crippen MR) is 102 cm³/mol. The predicted octanol–water partition coefficient (Wildman–Crippen LogP) is 5.27. The van der Waals surface area contributed by atoms with Crippen LogP contribution in [0.5, 0.6) is 11.5 Å². The fourth-order valence-corrected chi connectivity index (χ4v) is 4.33. The molecule has 0 bridgehead atoms. The van der Waals surface area contributed by atoms with Crippen LogP contribution in [0, 0.1) is 5.92 Å². The first-order valence-corrected chi connectivity index (χ1v) is 9.14. The summed E-state index contributed by atoms with van der Waals surface area (Å²) in [4.78, 5) is 0. The van der Waals surface area contributed by atoms with Crippen molar-refractivity contribution in [2.75, 3.05) is 19.0 Å². The van der Waals surface area contributed by atoms with Crippen LogP contribution in [-0.4, -0.2) is 13.7 Å². The van der Waals surface area contributed by atoms with Gasteiger partial charge < -0.3 is 14.8 Å². The van der Waals surface area contributed by atoms with Gasteiger partial charge in [0, 0.05) is 22.6 Å². The Labute approximate surface area is 150 Å². The van der Waals surface area contributed by atoms with Gasteiger partial charge in [0.1, 0.15) is 0 Å². The Kier molecular flexibility index (Phi) is 3.71. The van der Waals surface area contributed by atoms with E-state index in [0.29, 0.717) is 18.4 Å². The monoisotopic (exact) mass is 337 g/mol. The number of fused-ring (bicyclic) bond motifs is 4. The highest BCUT2D eigenvalue weighted by molar-refractivity contribution is 5.63. The number of nitrogens with one attached hydrogen (secondary N) is 1. The zero-order chi connectivity index (χ0) is 17.8. The lowest BCUT2D eigenvalue weighted by atomic mass is 9.65. The molecule has 132 valence electrons. The van der Waals surface area contributed by atoms with Gasteiger partial charge in [-0.3, -0.25) is 0 Å². The zero-order valence-corrected chi connectivity index (χ0v) is 15.7. The molecule has 0 saturated heterocycles. The molecule has 0 spiro atoms. The lowest BCUT2D eigenvalue weighted by Crippen LogP contribution is -2.46. The van der Waals surface area contributed by atoms with E-state index < -0.39 is 0 Å². The van der Waals surface area contributed by atoms with Crippen molar-refractivity contribution < 1.29 is 9.47 Å². The summed E-state index contributed by atoms with van der Waals surface area (Å²) in [7, 11) is 1.70. The number of para-hydroxylation sites is 1. The van der Waals surface area contributed by atoms with E-state index in [2.05, 4.69) is 63.3 Å². The van der Waals surface area contributed by atoms with E-state index in [1.165, 1.54) is 22.4 Å². The summed E-state index contributed by atoms with van der Waals surface area (Å²) in [5, 5.41) is 3.79. The Morgan fingerprint density at radius 2 is 2.00 bits per heavy atom. The van der Waals surface area contributed by atoms with E-state index in [9.17, 15) is 0 Å². The molecule has 2 aromatic carbocycles. The highest BCUT2D eigenvalue weighted by Gasteiger charge is 2.46. The van der Waals surface area contributed by atoms with Crippen LogP contribution in [0.2, 0.25) is 0 Å². The molecule has 2 aliphatic heterocycles. The fraction of sp³-hybridized carbons (Fsp3) is 0.455. The van der Waals surface area contributed by atoms with Crippen LogP contribution in [0.15, 0.2) is 36.4 Å². The van der Waals surface area contributed by atoms with Gasteiger partial charge in [-0.05, 0) is 29.2 Å². The van der Waals surface area contributed by atoms with Crippen molar-refractivity contribution in [2.24, 2.45) is 5.92 Å². The molecular formula is C22H27NO2. The lowest BCUT2D eigenvalue weighted by Gasteiger charge is -2.48. The van der Waals surface area contributed by atoms with Crippen molar-refractivity contribution in [3.05, 3.63) is 53.1 Å². The number of hydrogen-bond donors (Lipinski definition) is 1. The normalized spacial score (nSPS) is 23.0. The third-order valence-electron chi connectivity index (χ3n) is 6.02. The summed E-state index contributed by atoms with van der Waals surface area (Å²) in [6.07, 6.45) is 0. The molecule has 0 aromatic heterocycles. The van der Waals surface area contributed by atoms with Crippen molar-refractivity contribution in [3.63, 3.8) is 0 Å². The number of hydrogen-bond acceptors (Lipinski definition) is 3. The molecule has 4 rings (SSSR count). The molecule has 25 heavy (non-hydrogen) atoms. The van der Waals surface area contributed by atoms with Crippen LogP contribution in [0.25, 0.3) is 0 Å². The topological polar surface area (TPSA) is 30.5 Å². The van der Waals surface area contributed by atoms with Crippen molar-refractivity contribution in [1.29, 1.82) is 0 Å². The second kappa shape index (κ2) is 5.69. The van der Waals surface area contributed by atoms with E-state index in [4.69, 9.17) is 9.47 Å². The van der Waals surface area contributed by atoms with Gasteiger partial charge >= 0.3 is 0 Å². The Morgan fingerprint density at radius 1 is 1.20 bits per heavy atom. The van der Waals surface area contributed by atoms with E-state index in [1.54, 1.807) is 7.11 Å². The highest BCUT2D eigenvalue weighted by Crippen LogP contribution is 2.53. The second-order valence-electron chi connectivity index (χ2n) is 8.10. The van der Waals surface area contributed by atoms with E-state index in [1.807, 2.05) is 6.07 Å². The summed E-state index contributed by atoms with van der Waals surface area (Å²) < 4.78 is 11.7. The summed E-state index contributed by atoms with van der Waals surface area (Å²) in [6, 6.07) is 13.3. The maximum Gasteiger partial charge on any atom is 0.166 e. The molecule has 2 heterocycles. The molecule has 3 nitrogen and oxygen atoms in total. The van der Waals surface area contributed by atoms with Gasteiger partial charge in [-0.1, -0.05) is 52.0 Å². The molecular weight excluding hydrogens is 310 g/mol. The molecule has 0 amide bonds. The maximum atomic E-state index is 6.18. The van der Waals surface area contributed by atoms with Gasteiger partial charge in [0.25, 0.3) is 0 Å². The molecule has 0 fully saturated rings. The van der Waals surface area contributed by atoms with Gasteiger partial charge in [-0.15, -0.1) is 0 Å². The van der Waals surface area contributed by atoms with Crippen LogP contribution >= 0.6 is 0 Å². The first-order valence-electron chi connectivity index (χ1n) is 9.14. The molecule has 0 aliphatic carbocycles. The average molecular weight is 337 g/mol. The minimum Gasteiger partial charge on any atom is -0.493 e. The molecule has 2 atom stereocenters. The van der Waals surface area contributed by atoms with Gasteiger partial charge in [-0.2, -0.15) is 0 Å². The molecule has 0 radical (unpaired) electrons. The lowest BCUT2D eigenvalue weighted by molar-refractivity contribution is 0.131. The molecule has 0 saturated carbocycles. The summed E-state index contributed by atoms with van der Waals surface area (Å²) in [5.41, 5.74) is 5.27. The molecule has 0 unspecified atom stereocenters. The average Bonchev–Trinajstić information content (AvgIpc) is 2.60. The van der Waals surface area contributed by atoms with Crippen LogP contribution in [-0.2, 0) is 5.41 Å². The minimum atomic E-state index is 0.0386. The third-order valence-corrected chi connectivity index (χ3v) is 6.02. The van der Waals surface area contributed by atoms with E-state index in [0.717, 1.165) is 11.5 Å². The maximum absolute atomic E-state index is 6.18. The highest BCUT2D eigenvalue weighted by atomic mass is 16.5. The van der Waals surface area contributed by atoms with Gasteiger partial charge in [0.15, 0.2) is 11.5 Å². The molecule has 3 heteroatoms. The number of rotatable bonds is 2. The van der Waals surface area contributed by atoms with Gasteiger partial charge in [0.2, 0.25) is 0 Å². The van der Waals surface area contributed by atoms with Crippen LogP contribution in [0.4, 0.5) is 5.69 Å². The van der Waals surface area contributed by atoms with E-state index >= 15 is 0 Å². The van der Waals surface area contributed by atoms with Crippen molar-refractivity contribution in [1.82, 2.24) is 0 Å². The van der Waals surface area contributed by atoms with Crippen LogP contribution in [0.3, 0.4) is 0 Å². The quantitative estimate of drug-likeness (QED) is 0.809. The molecule has 2 aromatic rings. The van der Waals surface area contributed by atoms with Crippen molar-refractivity contribution in [3.8, 4) is 11.5 Å². The molecule has 2 aliphatic rings. The van der Waals surface area contributed by atoms with Crippen LogP contribution in [0.1, 0.15) is 56.3 Å². The summed E-state index contributed by atoms with van der Waals surface area (Å²) in [6.45, 7) is 9.90. The second-order valence-corrected chi connectivity index (χ2v) is 8.10. The van der Waals surface area contributed by atoms with Crippen molar-refractivity contribution in [2.45, 2.75) is 45.1 Å². The number of anilines is 1. The standard InChI is InChI=1S/C22H27NO2/c1-13(2)14-9-10-18-16(11-14)22(3,4)17-12-25-21-15(20(17)23-18)7-6-8-19(21)24-5/h6-11,13,17,20,23H,12H2,1-5H3/t17-,20+/m1/s1. The summed E-state index contributed by atoms with van der Waals surface area (Å²) in [5.74, 6) is 2.61. The Bertz CT molecular complexity index is 810. The largest absolute Gasteiger partial charge is 0.493 e. The first-order chi connectivity index (χ1) is 11.9. The fourth-order valence-electron chi connectivity index (χ4n) is 4.33. The summed E-state index contributed by atoms with van der Waals surface area (Å²) >= 11 is 0. The SMILES string of the molecule is COc1cccc2c1OC[C@@H]1[C@H]2Nc2ccc(C(C)C)cc2C1(C)C. The van der Waals surface area contributed by atoms with Gasteiger partial charge in [0.05, 0.1) is 19.8 Å². The Hall–Kier alpha value is -2.16. The van der Waals surface area contributed by atoms with Crippen molar-refractivity contribution >= 4 is 5.69 Å². The number of benzene rings is 2. The van der Waals surface area contributed by atoms with E-state index in [-0.39, 0.29) is 11.5 Å². The molecule has 1 N–H and O–H groups in total. The first kappa shape index (κ1) is 16.3. The zero-order valence-electron chi connectivity index (χ0n) is 15.7. The number of methoxy groups -OCH3 is 1. The Balaban J connectivity index is 1.83.